The van der Waals surface area contributed by atoms with Crippen LogP contribution in [0.3, 0.4) is 0 Å². The number of fused-ring (bicyclic) bond motifs is 1. The van der Waals surface area contributed by atoms with Gasteiger partial charge in [0, 0.05) is 37.8 Å². The van der Waals surface area contributed by atoms with Crippen molar-refractivity contribution < 1.29 is 10.2 Å². The van der Waals surface area contributed by atoms with E-state index in [4.69, 9.17) is 10.1 Å². The van der Waals surface area contributed by atoms with Gasteiger partial charge in [0.2, 0.25) is 0 Å². The molecule has 1 aromatic heterocycles. The van der Waals surface area contributed by atoms with Gasteiger partial charge in [-0.15, -0.1) is 0 Å². The summed E-state index contributed by atoms with van der Waals surface area (Å²) in [4.78, 5) is 9.93. The fraction of sp³-hybridized carbons (Fsp3) is 0.633. The number of rotatable bonds is 9. The van der Waals surface area contributed by atoms with Crippen LogP contribution in [0.5, 0.6) is 0 Å². The molecule has 0 radical (unpaired) electrons. The van der Waals surface area contributed by atoms with Crippen LogP contribution in [0.2, 0.25) is 0 Å². The minimum atomic E-state index is 0.192. The Morgan fingerprint density at radius 3 is 2.29 bits per heavy atom. The summed E-state index contributed by atoms with van der Waals surface area (Å²) in [6.45, 7) is 13.6. The van der Waals surface area contributed by atoms with Gasteiger partial charge in [0.1, 0.15) is 5.82 Å². The minimum Gasteiger partial charge on any atom is -0.396 e. The average Bonchev–Trinajstić information content (AvgIpc) is 2.86. The van der Waals surface area contributed by atoms with Gasteiger partial charge in [-0.3, -0.25) is 4.90 Å². The van der Waals surface area contributed by atoms with Crippen LogP contribution in [0.25, 0.3) is 11.3 Å². The number of unbranched alkanes of at least 4 members (excludes halogenated alkanes) is 1. The Labute approximate surface area is 212 Å². The van der Waals surface area contributed by atoms with E-state index in [2.05, 4.69) is 73.9 Å². The highest BCUT2D eigenvalue weighted by molar-refractivity contribution is 5.65. The molecule has 2 N–H and O–H groups in total. The molecule has 4 rings (SSSR count). The van der Waals surface area contributed by atoms with E-state index >= 15 is 0 Å². The highest BCUT2D eigenvalue weighted by Gasteiger charge is 2.37. The van der Waals surface area contributed by atoms with E-state index in [0.29, 0.717) is 6.04 Å². The second-order valence-corrected chi connectivity index (χ2v) is 11.8. The summed E-state index contributed by atoms with van der Waals surface area (Å²) in [7, 11) is 0. The van der Waals surface area contributed by atoms with Gasteiger partial charge in [-0.05, 0) is 85.2 Å². The maximum Gasteiger partial charge on any atom is 0.129 e. The molecule has 0 unspecified atom stereocenters. The number of nitrogens with zero attached hydrogens (tertiary/aromatic N) is 3. The average molecular weight is 480 g/mol. The lowest BCUT2D eigenvalue weighted by molar-refractivity contribution is 0.128. The summed E-state index contributed by atoms with van der Waals surface area (Å²) in [5.41, 5.74) is 5.65. The van der Waals surface area contributed by atoms with E-state index in [1.165, 1.54) is 29.5 Å². The zero-order chi connectivity index (χ0) is 25.1. The number of hydrogen-bond donors (Lipinski definition) is 2. The van der Waals surface area contributed by atoms with Gasteiger partial charge in [0.25, 0.3) is 0 Å². The number of aromatic nitrogens is 1. The van der Waals surface area contributed by atoms with Gasteiger partial charge >= 0.3 is 0 Å². The van der Waals surface area contributed by atoms with E-state index in [1.807, 2.05) is 0 Å². The number of piperidine rings is 1. The molecule has 0 spiro atoms. The predicted octanol–water partition coefficient (Wildman–Crippen LogP) is 5.13. The molecule has 1 aliphatic carbocycles. The number of aliphatic hydroxyl groups excluding tert-OH is 2. The zero-order valence-electron chi connectivity index (χ0n) is 22.3. The number of benzene rings is 1. The number of anilines is 1. The molecule has 0 atom stereocenters. The summed E-state index contributed by atoms with van der Waals surface area (Å²) in [5, 5.41) is 18.6. The van der Waals surface area contributed by atoms with E-state index in [-0.39, 0.29) is 24.0 Å². The third kappa shape index (κ3) is 5.90. The van der Waals surface area contributed by atoms with E-state index in [9.17, 15) is 5.11 Å². The van der Waals surface area contributed by atoms with Gasteiger partial charge in [-0.2, -0.15) is 0 Å². The first-order valence-electron chi connectivity index (χ1n) is 13.6. The summed E-state index contributed by atoms with van der Waals surface area (Å²) in [6, 6.07) is 13.9. The third-order valence-corrected chi connectivity index (χ3v) is 8.43. The Kier molecular flexibility index (Phi) is 8.19. The molecule has 0 bridgehead atoms. The Balaban J connectivity index is 1.48. The largest absolute Gasteiger partial charge is 0.396 e. The smallest absolute Gasteiger partial charge is 0.129 e. The Bertz CT molecular complexity index is 979. The van der Waals surface area contributed by atoms with Crippen molar-refractivity contribution in [3.05, 3.63) is 47.5 Å². The lowest BCUT2D eigenvalue weighted by Crippen LogP contribution is -2.46. The first-order valence-corrected chi connectivity index (χ1v) is 13.6. The van der Waals surface area contributed by atoms with Crippen molar-refractivity contribution in [2.24, 2.45) is 0 Å². The Morgan fingerprint density at radius 1 is 0.886 bits per heavy atom. The van der Waals surface area contributed by atoms with E-state index < -0.39 is 0 Å². The van der Waals surface area contributed by atoms with Crippen LogP contribution in [0, 0.1) is 0 Å². The minimum absolute atomic E-state index is 0.192. The maximum absolute atomic E-state index is 9.52. The van der Waals surface area contributed by atoms with Gasteiger partial charge in [-0.1, -0.05) is 45.9 Å². The third-order valence-electron chi connectivity index (χ3n) is 8.43. The Hall–Kier alpha value is -1.95. The van der Waals surface area contributed by atoms with Gasteiger partial charge in [0.15, 0.2) is 0 Å². The molecule has 1 fully saturated rings. The molecule has 5 heteroatoms. The molecule has 2 aromatic rings. The molecule has 35 heavy (non-hydrogen) atoms. The van der Waals surface area contributed by atoms with E-state index in [1.54, 1.807) is 0 Å². The van der Waals surface area contributed by atoms with Gasteiger partial charge in [-0.25, -0.2) is 4.98 Å². The lowest BCUT2D eigenvalue weighted by Gasteiger charge is -2.42. The molecule has 0 amide bonds. The Morgan fingerprint density at radius 2 is 1.60 bits per heavy atom. The molecule has 1 saturated heterocycles. The van der Waals surface area contributed by atoms with Crippen molar-refractivity contribution in [1.82, 2.24) is 9.88 Å². The molecule has 192 valence electrons. The van der Waals surface area contributed by atoms with Crippen LogP contribution in [0.1, 0.15) is 77.3 Å². The first kappa shape index (κ1) is 26.1. The fourth-order valence-corrected chi connectivity index (χ4v) is 6.00. The van der Waals surface area contributed by atoms with Crippen molar-refractivity contribution in [3.8, 4) is 11.3 Å². The summed E-state index contributed by atoms with van der Waals surface area (Å²) < 4.78 is 0. The predicted molar refractivity (Wildman–Crippen MR) is 145 cm³/mol. The van der Waals surface area contributed by atoms with Crippen molar-refractivity contribution in [2.45, 2.75) is 83.1 Å². The molecule has 1 aromatic carbocycles. The van der Waals surface area contributed by atoms with Crippen molar-refractivity contribution in [1.29, 1.82) is 0 Å². The lowest BCUT2D eigenvalue weighted by atomic mass is 9.63. The van der Waals surface area contributed by atoms with E-state index in [0.717, 1.165) is 63.4 Å². The van der Waals surface area contributed by atoms with Crippen molar-refractivity contribution in [2.75, 3.05) is 44.3 Å². The molecular weight excluding hydrogens is 434 g/mol. The second-order valence-electron chi connectivity index (χ2n) is 11.8. The number of hydrogen-bond acceptors (Lipinski definition) is 5. The van der Waals surface area contributed by atoms with Gasteiger partial charge in [0.05, 0.1) is 12.3 Å². The first-order chi connectivity index (χ1) is 16.7. The SMILES string of the molecule is CC1(C)CCC(C)(C)c2cc(-c3cccc(N4CCC(N(CCO)CCCCO)CC4)n3)ccc21. The highest BCUT2D eigenvalue weighted by atomic mass is 16.3. The monoisotopic (exact) mass is 479 g/mol. The van der Waals surface area contributed by atoms with Gasteiger partial charge < -0.3 is 15.1 Å². The molecule has 5 nitrogen and oxygen atoms in total. The second kappa shape index (κ2) is 11.0. The van der Waals surface area contributed by atoms with Crippen LogP contribution in [0.15, 0.2) is 36.4 Å². The summed E-state index contributed by atoms with van der Waals surface area (Å²) in [5.74, 6) is 1.06. The van der Waals surface area contributed by atoms with Crippen molar-refractivity contribution in [3.63, 3.8) is 0 Å². The quantitative estimate of drug-likeness (QED) is 0.488. The van der Waals surface area contributed by atoms with Crippen LogP contribution >= 0.6 is 0 Å². The number of aliphatic hydroxyl groups is 2. The molecular formula is C30H45N3O2. The number of pyridine rings is 1. The van der Waals surface area contributed by atoms with Crippen LogP contribution in [-0.4, -0.2) is 65.5 Å². The van der Waals surface area contributed by atoms with Crippen molar-refractivity contribution >= 4 is 5.82 Å². The summed E-state index contributed by atoms with van der Waals surface area (Å²) >= 11 is 0. The standard InChI is InChI=1S/C30H45N3O2/c1-29(2)14-15-30(3,4)26-22-23(10-11-25(26)29)27-8-7-9-28(31-27)33-17-12-24(13-18-33)32(19-21-35)16-5-6-20-34/h7-11,22,24,34-35H,5-6,12-21H2,1-4H3. The molecule has 1 aliphatic heterocycles. The van der Waals surface area contributed by atoms with Crippen LogP contribution < -0.4 is 4.90 Å². The van der Waals surface area contributed by atoms with Crippen LogP contribution in [0.4, 0.5) is 5.82 Å². The highest BCUT2D eigenvalue weighted by Crippen LogP contribution is 2.46. The summed E-state index contributed by atoms with van der Waals surface area (Å²) in [6.07, 6.45) is 6.41. The normalized spacial score (nSPS) is 19.7. The maximum atomic E-state index is 9.52. The molecule has 2 heterocycles. The zero-order valence-corrected chi connectivity index (χ0v) is 22.3. The topological polar surface area (TPSA) is 59.8 Å². The fourth-order valence-electron chi connectivity index (χ4n) is 6.00. The molecule has 0 saturated carbocycles. The molecule has 2 aliphatic rings. The van der Waals surface area contributed by atoms with Crippen LogP contribution in [-0.2, 0) is 10.8 Å².